The van der Waals surface area contributed by atoms with Crippen LogP contribution in [0, 0.1) is 0 Å². The lowest BCUT2D eigenvalue weighted by molar-refractivity contribution is -0.136. The molecule has 0 aliphatic carbocycles. The molecule has 1 unspecified atom stereocenters. The predicted octanol–water partition coefficient (Wildman–Crippen LogP) is 3.57. The topological polar surface area (TPSA) is 90.5 Å². The van der Waals surface area contributed by atoms with Crippen LogP contribution in [-0.4, -0.2) is 30.8 Å². The Bertz CT molecular complexity index is 1130. The molecule has 2 heterocycles. The van der Waals surface area contributed by atoms with Crippen molar-refractivity contribution in [3.05, 3.63) is 76.5 Å². The highest BCUT2D eigenvalue weighted by Gasteiger charge is 2.28. The Hall–Kier alpha value is -3.65. The summed E-state index contributed by atoms with van der Waals surface area (Å²) in [6.45, 7) is 2.58. The Kier molecular flexibility index (Phi) is 6.51. The van der Waals surface area contributed by atoms with E-state index in [4.69, 9.17) is 0 Å². The maximum Gasteiger partial charge on any atom is 0.313 e. The van der Waals surface area contributed by atoms with Gasteiger partial charge in [-0.05, 0) is 47.7 Å². The lowest BCUT2D eigenvalue weighted by atomic mass is 10.1. The maximum atomic E-state index is 12.5. The van der Waals surface area contributed by atoms with Gasteiger partial charge in [0.05, 0.1) is 6.04 Å². The van der Waals surface area contributed by atoms with Crippen LogP contribution in [0.15, 0.2) is 66.0 Å². The summed E-state index contributed by atoms with van der Waals surface area (Å²) in [4.78, 5) is 39.6. The number of nitrogens with one attached hydrogen (secondary N) is 3. The van der Waals surface area contributed by atoms with Crippen molar-refractivity contribution in [3.63, 3.8) is 0 Å². The summed E-state index contributed by atoms with van der Waals surface area (Å²) in [6.07, 6.45) is 0.955. The quantitative estimate of drug-likeness (QED) is 0.503. The molecular formula is C24H24N4O3S. The first-order valence-corrected chi connectivity index (χ1v) is 11.2. The molecule has 7 nitrogen and oxygen atoms in total. The fraction of sp³-hybridized carbons (Fsp3) is 0.208. The number of anilines is 3. The third kappa shape index (κ3) is 4.97. The van der Waals surface area contributed by atoms with Crippen molar-refractivity contribution in [2.24, 2.45) is 0 Å². The Labute approximate surface area is 190 Å². The number of amides is 3. The zero-order chi connectivity index (χ0) is 22.5. The Morgan fingerprint density at radius 3 is 2.50 bits per heavy atom. The molecule has 3 N–H and O–H groups in total. The normalized spacial score (nSPS) is 13.2. The van der Waals surface area contributed by atoms with E-state index in [0.29, 0.717) is 17.9 Å². The van der Waals surface area contributed by atoms with Gasteiger partial charge in [-0.2, -0.15) is 0 Å². The molecule has 2 aromatic carbocycles. The van der Waals surface area contributed by atoms with E-state index in [9.17, 15) is 14.4 Å². The highest BCUT2D eigenvalue weighted by Crippen LogP contribution is 2.36. The summed E-state index contributed by atoms with van der Waals surface area (Å²) in [7, 11) is 0. The van der Waals surface area contributed by atoms with Crippen molar-refractivity contribution in [2.45, 2.75) is 19.4 Å². The van der Waals surface area contributed by atoms with Crippen LogP contribution in [0.4, 0.5) is 17.1 Å². The van der Waals surface area contributed by atoms with Crippen LogP contribution in [-0.2, 0) is 20.8 Å². The zero-order valence-electron chi connectivity index (χ0n) is 17.6. The minimum atomic E-state index is -0.753. The smallest absolute Gasteiger partial charge is 0.313 e. The molecule has 1 atom stereocenters. The minimum Gasteiger partial charge on any atom is -0.361 e. The van der Waals surface area contributed by atoms with Crippen molar-refractivity contribution < 1.29 is 14.4 Å². The molecule has 0 saturated carbocycles. The maximum absolute atomic E-state index is 12.5. The first-order valence-electron chi connectivity index (χ1n) is 10.4. The van der Waals surface area contributed by atoms with Crippen LogP contribution in [0.1, 0.15) is 23.4 Å². The van der Waals surface area contributed by atoms with Gasteiger partial charge in [0, 0.05) is 42.0 Å². The minimum absolute atomic E-state index is 0.0569. The van der Waals surface area contributed by atoms with E-state index in [-0.39, 0.29) is 11.9 Å². The van der Waals surface area contributed by atoms with E-state index in [0.717, 1.165) is 17.8 Å². The van der Waals surface area contributed by atoms with Gasteiger partial charge in [-0.3, -0.25) is 14.4 Å². The number of hydrogen-bond acceptors (Lipinski definition) is 5. The van der Waals surface area contributed by atoms with Gasteiger partial charge < -0.3 is 20.9 Å². The largest absolute Gasteiger partial charge is 0.361 e. The Morgan fingerprint density at radius 1 is 0.969 bits per heavy atom. The third-order valence-electron chi connectivity index (χ3n) is 5.27. The van der Waals surface area contributed by atoms with Gasteiger partial charge in [0.1, 0.15) is 0 Å². The predicted molar refractivity (Wildman–Crippen MR) is 127 cm³/mol. The van der Waals surface area contributed by atoms with E-state index in [1.165, 1.54) is 18.2 Å². The monoisotopic (exact) mass is 448 g/mol. The first-order chi connectivity index (χ1) is 15.5. The zero-order valence-corrected chi connectivity index (χ0v) is 18.4. The van der Waals surface area contributed by atoms with Gasteiger partial charge in [-0.15, -0.1) is 11.3 Å². The van der Waals surface area contributed by atoms with Gasteiger partial charge in [0.15, 0.2) is 0 Å². The van der Waals surface area contributed by atoms with Crippen LogP contribution in [0.5, 0.6) is 0 Å². The molecule has 3 aromatic rings. The third-order valence-corrected chi connectivity index (χ3v) is 6.25. The first kappa shape index (κ1) is 21.6. The molecule has 1 aromatic heterocycles. The molecular weight excluding hydrogens is 424 g/mol. The van der Waals surface area contributed by atoms with Crippen molar-refractivity contribution in [1.29, 1.82) is 0 Å². The summed E-state index contributed by atoms with van der Waals surface area (Å²) in [5.74, 6) is -1.67. The van der Waals surface area contributed by atoms with Crippen molar-refractivity contribution in [3.8, 4) is 0 Å². The lowest BCUT2D eigenvalue weighted by Crippen LogP contribution is -2.41. The molecule has 1 aliphatic heterocycles. The molecule has 0 fully saturated rings. The van der Waals surface area contributed by atoms with E-state index in [1.54, 1.807) is 35.6 Å². The molecule has 0 radical (unpaired) electrons. The van der Waals surface area contributed by atoms with Gasteiger partial charge in [0.25, 0.3) is 0 Å². The summed E-state index contributed by atoms with van der Waals surface area (Å²) >= 11 is 1.63. The summed E-state index contributed by atoms with van der Waals surface area (Å²) in [6, 6.07) is 18.9. The van der Waals surface area contributed by atoms with Crippen molar-refractivity contribution in [1.82, 2.24) is 5.32 Å². The summed E-state index contributed by atoms with van der Waals surface area (Å²) in [5.41, 5.74) is 3.43. The Balaban J connectivity index is 1.42. The number of benzene rings is 2. The van der Waals surface area contributed by atoms with Gasteiger partial charge in [-0.1, -0.05) is 30.3 Å². The van der Waals surface area contributed by atoms with E-state index >= 15 is 0 Å². The number of hydrogen-bond donors (Lipinski definition) is 3. The number of carbonyl (C=O) groups is 3. The van der Waals surface area contributed by atoms with Gasteiger partial charge >= 0.3 is 11.8 Å². The van der Waals surface area contributed by atoms with E-state index < -0.39 is 11.8 Å². The molecule has 1 aliphatic rings. The van der Waals surface area contributed by atoms with Crippen LogP contribution in [0.3, 0.4) is 0 Å². The van der Waals surface area contributed by atoms with Crippen LogP contribution >= 0.6 is 11.3 Å². The second-order valence-corrected chi connectivity index (χ2v) is 8.51. The number of thiophene rings is 1. The highest BCUT2D eigenvalue weighted by atomic mass is 32.1. The van der Waals surface area contributed by atoms with E-state index in [2.05, 4.69) is 39.0 Å². The average Bonchev–Trinajstić information content (AvgIpc) is 3.44. The highest BCUT2D eigenvalue weighted by molar-refractivity contribution is 7.10. The van der Waals surface area contributed by atoms with Gasteiger partial charge in [0.2, 0.25) is 5.91 Å². The summed E-state index contributed by atoms with van der Waals surface area (Å²) < 4.78 is 0. The molecule has 0 bridgehead atoms. The molecule has 164 valence electrons. The van der Waals surface area contributed by atoms with Crippen LogP contribution in [0.25, 0.3) is 0 Å². The van der Waals surface area contributed by atoms with Crippen LogP contribution < -0.4 is 20.9 Å². The number of nitrogens with zero attached hydrogens (tertiary/aromatic N) is 1. The SMILES string of the molecule is CC(=O)Nc1cccc(NC(=O)C(=O)NCC(c2cccs2)N2CCc3ccccc32)c1. The number of para-hydroxylation sites is 1. The van der Waals surface area contributed by atoms with E-state index in [1.807, 2.05) is 23.6 Å². The molecule has 8 heteroatoms. The molecule has 3 amide bonds. The lowest BCUT2D eigenvalue weighted by Gasteiger charge is -2.30. The average molecular weight is 449 g/mol. The fourth-order valence-corrected chi connectivity index (χ4v) is 4.71. The number of carbonyl (C=O) groups excluding carboxylic acids is 3. The molecule has 0 saturated heterocycles. The number of fused-ring (bicyclic) bond motifs is 1. The molecule has 0 spiro atoms. The Morgan fingerprint density at radius 2 is 1.75 bits per heavy atom. The second-order valence-electron chi connectivity index (χ2n) is 7.53. The molecule has 4 rings (SSSR count). The van der Waals surface area contributed by atoms with Gasteiger partial charge in [-0.25, -0.2) is 0 Å². The standard InChI is InChI=1S/C24H24N4O3S/c1-16(29)26-18-7-4-8-19(14-18)27-24(31)23(30)25-15-21(22-10-5-13-32-22)28-12-11-17-6-2-3-9-20(17)28/h2-10,13-14,21H,11-12,15H2,1H3,(H,25,30)(H,26,29)(H,27,31). The number of rotatable bonds is 6. The van der Waals surface area contributed by atoms with Crippen molar-refractivity contribution in [2.75, 3.05) is 28.6 Å². The molecule has 32 heavy (non-hydrogen) atoms. The fourth-order valence-electron chi connectivity index (χ4n) is 3.87. The van der Waals surface area contributed by atoms with Crippen LogP contribution in [0.2, 0.25) is 0 Å². The van der Waals surface area contributed by atoms with Crippen molar-refractivity contribution >= 4 is 46.1 Å². The second kappa shape index (κ2) is 9.65. The summed E-state index contributed by atoms with van der Waals surface area (Å²) in [5, 5.41) is 10.0.